The van der Waals surface area contributed by atoms with E-state index in [-0.39, 0.29) is 34.3 Å². The van der Waals surface area contributed by atoms with Crippen molar-refractivity contribution in [2.75, 3.05) is 0 Å². The second-order valence-electron chi connectivity index (χ2n) is 7.20. The topological polar surface area (TPSA) is 132 Å². The summed E-state index contributed by atoms with van der Waals surface area (Å²) >= 11 is 0. The van der Waals surface area contributed by atoms with Crippen molar-refractivity contribution in [2.24, 2.45) is 0 Å². The molecule has 2 aromatic rings. The first kappa shape index (κ1) is 17.2. The van der Waals surface area contributed by atoms with Crippen LogP contribution in [0.15, 0.2) is 35.4 Å². The SMILES string of the molecule is CC1=C(C(=O)O)C(=O)C2c3cc4cccc(O)c4c(O)c3C(=O)C[C@]2(O)C1. The Morgan fingerprint density at radius 2 is 1.89 bits per heavy atom. The summed E-state index contributed by atoms with van der Waals surface area (Å²) in [7, 11) is 0. The number of aliphatic carboxylic acids is 1. The zero-order valence-corrected chi connectivity index (χ0v) is 14.3. The van der Waals surface area contributed by atoms with Crippen molar-refractivity contribution in [3.05, 3.63) is 46.5 Å². The molecule has 0 aliphatic heterocycles. The number of carbonyl (C=O) groups is 3. The zero-order valence-electron chi connectivity index (χ0n) is 14.3. The van der Waals surface area contributed by atoms with E-state index in [0.717, 1.165) is 0 Å². The molecule has 2 aromatic carbocycles. The molecule has 7 heteroatoms. The molecule has 2 atom stereocenters. The zero-order chi connectivity index (χ0) is 19.7. The molecule has 0 saturated carbocycles. The van der Waals surface area contributed by atoms with Crippen molar-refractivity contribution in [1.82, 2.24) is 0 Å². The van der Waals surface area contributed by atoms with Crippen LogP contribution in [0.3, 0.4) is 0 Å². The number of aliphatic hydroxyl groups is 1. The van der Waals surface area contributed by atoms with Crippen LogP contribution in [0.1, 0.15) is 41.6 Å². The summed E-state index contributed by atoms with van der Waals surface area (Å²) in [5.41, 5.74) is -2.01. The highest BCUT2D eigenvalue weighted by molar-refractivity contribution is 6.23. The maximum Gasteiger partial charge on any atom is 0.339 e. The Bertz CT molecular complexity index is 1100. The van der Waals surface area contributed by atoms with Crippen molar-refractivity contribution < 1.29 is 34.8 Å². The van der Waals surface area contributed by atoms with Gasteiger partial charge in [0.05, 0.1) is 22.5 Å². The third kappa shape index (κ3) is 2.21. The lowest BCUT2D eigenvalue weighted by molar-refractivity contribution is -0.137. The number of rotatable bonds is 1. The highest BCUT2D eigenvalue weighted by atomic mass is 16.4. The maximum absolute atomic E-state index is 13.0. The number of fused-ring (bicyclic) bond motifs is 4. The van der Waals surface area contributed by atoms with E-state index >= 15 is 0 Å². The number of aromatic hydroxyl groups is 2. The summed E-state index contributed by atoms with van der Waals surface area (Å²) in [6.45, 7) is 1.45. The van der Waals surface area contributed by atoms with Gasteiger partial charge in [-0.25, -0.2) is 4.79 Å². The van der Waals surface area contributed by atoms with Crippen LogP contribution in [0.2, 0.25) is 0 Å². The summed E-state index contributed by atoms with van der Waals surface area (Å²) in [6, 6.07) is 5.93. The predicted octanol–water partition coefficient (Wildman–Crippen LogP) is 2.03. The van der Waals surface area contributed by atoms with Gasteiger partial charge >= 0.3 is 5.97 Å². The summed E-state index contributed by atoms with van der Waals surface area (Å²) in [5, 5.41) is 41.6. The second-order valence-corrected chi connectivity index (χ2v) is 7.20. The number of ketones is 2. The molecule has 0 saturated heterocycles. The van der Waals surface area contributed by atoms with Crippen LogP contribution in [0.5, 0.6) is 11.5 Å². The van der Waals surface area contributed by atoms with Gasteiger partial charge in [-0.2, -0.15) is 0 Å². The third-order valence-electron chi connectivity index (χ3n) is 5.46. The molecule has 0 heterocycles. The number of benzene rings is 2. The van der Waals surface area contributed by atoms with Gasteiger partial charge in [-0.3, -0.25) is 9.59 Å². The van der Waals surface area contributed by atoms with Crippen LogP contribution < -0.4 is 0 Å². The number of Topliss-reactive ketones (excluding diaryl/α,β-unsaturated/α-hetero) is 2. The molecule has 4 rings (SSSR count). The highest BCUT2D eigenvalue weighted by Crippen LogP contribution is 2.51. The number of carboxylic acid groups (broad SMARTS) is 1. The number of carbonyl (C=O) groups excluding carboxylic acids is 2. The fourth-order valence-corrected chi connectivity index (χ4v) is 4.46. The first-order valence-electron chi connectivity index (χ1n) is 8.36. The molecule has 0 aromatic heterocycles. The lowest BCUT2D eigenvalue weighted by Crippen LogP contribution is -2.50. The first-order chi connectivity index (χ1) is 12.7. The van der Waals surface area contributed by atoms with E-state index in [1.807, 2.05) is 0 Å². The smallest absolute Gasteiger partial charge is 0.339 e. The minimum absolute atomic E-state index is 0.0727. The van der Waals surface area contributed by atoms with Crippen molar-refractivity contribution in [3.8, 4) is 11.5 Å². The Balaban J connectivity index is 2.06. The highest BCUT2D eigenvalue weighted by Gasteiger charge is 2.54. The molecule has 7 nitrogen and oxygen atoms in total. The van der Waals surface area contributed by atoms with E-state index in [9.17, 15) is 34.8 Å². The van der Waals surface area contributed by atoms with Crippen LogP contribution in [-0.2, 0) is 9.59 Å². The first-order valence-corrected chi connectivity index (χ1v) is 8.36. The van der Waals surface area contributed by atoms with Gasteiger partial charge in [-0.15, -0.1) is 0 Å². The van der Waals surface area contributed by atoms with E-state index in [0.29, 0.717) is 5.39 Å². The van der Waals surface area contributed by atoms with Gasteiger partial charge in [0.2, 0.25) is 0 Å². The van der Waals surface area contributed by atoms with Crippen molar-refractivity contribution in [1.29, 1.82) is 0 Å². The molecule has 0 amide bonds. The van der Waals surface area contributed by atoms with Crippen molar-refractivity contribution in [2.45, 2.75) is 31.3 Å². The molecule has 4 N–H and O–H groups in total. The summed E-state index contributed by atoms with van der Waals surface area (Å²) in [5.74, 6) is -4.72. The third-order valence-corrected chi connectivity index (χ3v) is 5.46. The lowest BCUT2D eigenvalue weighted by atomic mass is 9.62. The monoisotopic (exact) mass is 368 g/mol. The van der Waals surface area contributed by atoms with Gasteiger partial charge in [-0.1, -0.05) is 17.7 Å². The van der Waals surface area contributed by atoms with Crippen LogP contribution in [0.4, 0.5) is 0 Å². The Hall–Kier alpha value is -3.19. The van der Waals surface area contributed by atoms with Crippen molar-refractivity contribution in [3.63, 3.8) is 0 Å². The molecule has 0 spiro atoms. The van der Waals surface area contributed by atoms with Crippen LogP contribution in [0.25, 0.3) is 10.8 Å². The molecule has 0 radical (unpaired) electrons. The molecular weight excluding hydrogens is 352 g/mol. The van der Waals surface area contributed by atoms with Crippen LogP contribution >= 0.6 is 0 Å². The normalized spacial score (nSPS) is 24.7. The van der Waals surface area contributed by atoms with E-state index in [4.69, 9.17) is 0 Å². The van der Waals surface area contributed by atoms with Gasteiger partial charge in [-0.05, 0) is 36.4 Å². The van der Waals surface area contributed by atoms with Gasteiger partial charge < -0.3 is 20.4 Å². The molecule has 27 heavy (non-hydrogen) atoms. The van der Waals surface area contributed by atoms with Gasteiger partial charge in [0.25, 0.3) is 0 Å². The summed E-state index contributed by atoms with van der Waals surface area (Å²) in [6.07, 6.45) is -0.553. The average Bonchev–Trinajstić information content (AvgIpc) is 2.52. The minimum Gasteiger partial charge on any atom is -0.507 e. The van der Waals surface area contributed by atoms with E-state index in [2.05, 4.69) is 0 Å². The Kier molecular flexibility index (Phi) is 3.45. The Morgan fingerprint density at radius 3 is 2.56 bits per heavy atom. The largest absolute Gasteiger partial charge is 0.507 e. The average molecular weight is 368 g/mol. The standard InChI is InChI=1S/C20H16O7/c1-8-6-20(27)7-12(22)15-10(16(20)18(24)13(8)19(25)26)5-9-3-2-4-11(21)14(9)17(15)23/h2-5,16,21,23,27H,6-7H2,1H3,(H,25,26)/t16?,20-/m1/s1. The van der Waals surface area contributed by atoms with E-state index in [1.165, 1.54) is 25.1 Å². The Labute approximate surface area is 153 Å². The summed E-state index contributed by atoms with van der Waals surface area (Å²) < 4.78 is 0. The maximum atomic E-state index is 13.0. The number of phenols is 2. The van der Waals surface area contributed by atoms with E-state index in [1.54, 1.807) is 6.07 Å². The van der Waals surface area contributed by atoms with Gasteiger partial charge in [0.1, 0.15) is 17.1 Å². The fourth-order valence-electron chi connectivity index (χ4n) is 4.46. The lowest BCUT2D eigenvalue weighted by Gasteiger charge is -2.43. The van der Waals surface area contributed by atoms with E-state index < -0.39 is 46.8 Å². The molecular formula is C20H16O7. The number of carboxylic acids is 1. The molecule has 2 aliphatic rings. The molecule has 1 unspecified atom stereocenters. The number of hydrogen-bond donors (Lipinski definition) is 4. The molecule has 2 aliphatic carbocycles. The molecule has 138 valence electrons. The second kappa shape index (κ2) is 5.40. The minimum atomic E-state index is -1.75. The van der Waals surface area contributed by atoms with Gasteiger partial charge in [0.15, 0.2) is 11.6 Å². The number of hydrogen-bond acceptors (Lipinski definition) is 6. The molecule has 0 fully saturated rings. The Morgan fingerprint density at radius 1 is 1.19 bits per heavy atom. The predicted molar refractivity (Wildman–Crippen MR) is 93.9 cm³/mol. The number of phenolic OH excluding ortho intramolecular Hbond substituents is 2. The fraction of sp³-hybridized carbons (Fsp3) is 0.250. The van der Waals surface area contributed by atoms with Crippen LogP contribution in [-0.4, -0.2) is 43.6 Å². The summed E-state index contributed by atoms with van der Waals surface area (Å²) in [4.78, 5) is 37.2. The quantitative estimate of drug-likeness (QED) is 0.566. The molecule has 0 bridgehead atoms. The van der Waals surface area contributed by atoms with Gasteiger partial charge in [0, 0.05) is 6.42 Å². The van der Waals surface area contributed by atoms with Crippen molar-refractivity contribution >= 4 is 28.3 Å². The van der Waals surface area contributed by atoms with Crippen LogP contribution in [0, 0.1) is 0 Å².